The molecule has 0 aromatic rings. The molecule has 0 radical (unpaired) electrons. The van der Waals surface area contributed by atoms with Crippen LogP contribution in [0, 0.1) is 29.6 Å². The minimum absolute atomic E-state index is 0.00446. The molecule has 3 saturated carbocycles. The van der Waals surface area contributed by atoms with Gasteiger partial charge in [0.2, 0.25) is 0 Å². The number of rotatable bonds is 3. The van der Waals surface area contributed by atoms with Crippen molar-refractivity contribution in [3.63, 3.8) is 0 Å². The van der Waals surface area contributed by atoms with E-state index in [0.29, 0.717) is 25.2 Å². The first-order chi connectivity index (χ1) is 11.5. The molecule has 3 rings (SSSR count). The van der Waals surface area contributed by atoms with E-state index in [1.165, 1.54) is 20.0 Å². The summed E-state index contributed by atoms with van der Waals surface area (Å²) in [4.78, 5) is 0. The number of hydrogen-bond acceptors (Lipinski definition) is 1. The van der Waals surface area contributed by atoms with Gasteiger partial charge < -0.3 is 4.74 Å². The first kappa shape index (κ1) is 18.5. The second kappa shape index (κ2) is 7.97. The topological polar surface area (TPSA) is 9.23 Å². The fourth-order valence-electron chi connectivity index (χ4n) is 5.66. The van der Waals surface area contributed by atoms with Crippen molar-refractivity contribution in [3.05, 3.63) is 0 Å². The molecule has 0 aliphatic heterocycles. The number of halogens is 3. The molecular weight excluding hydrogens is 313 g/mol. The third kappa shape index (κ3) is 3.78. The summed E-state index contributed by atoms with van der Waals surface area (Å²) in [6.07, 6.45) is 3.58. The fraction of sp³-hybridized carbons (Fsp3) is 1.00. The van der Waals surface area contributed by atoms with E-state index in [1.807, 2.05) is 0 Å². The summed E-state index contributed by atoms with van der Waals surface area (Å²) in [7, 11) is 1.44. The van der Waals surface area contributed by atoms with Gasteiger partial charge in [-0.3, -0.25) is 0 Å². The summed E-state index contributed by atoms with van der Waals surface area (Å²) in [5, 5.41) is 0. The second-order valence-electron chi connectivity index (χ2n) is 8.68. The maximum Gasteiger partial charge on any atom is 0.157 e. The van der Waals surface area contributed by atoms with Crippen molar-refractivity contribution in [1.29, 1.82) is 0 Å². The van der Waals surface area contributed by atoms with Crippen LogP contribution in [0.4, 0.5) is 13.2 Å². The van der Waals surface area contributed by atoms with Crippen molar-refractivity contribution >= 4 is 0 Å². The fourth-order valence-corrected chi connectivity index (χ4v) is 5.66. The number of methoxy groups -OCH3 is 1. The Morgan fingerprint density at radius 1 is 0.708 bits per heavy atom. The van der Waals surface area contributed by atoms with E-state index in [0.717, 1.165) is 31.6 Å². The molecule has 0 amide bonds. The minimum Gasteiger partial charge on any atom is -0.378 e. The van der Waals surface area contributed by atoms with E-state index < -0.39 is 24.6 Å². The highest BCUT2D eigenvalue weighted by atomic mass is 19.2. The van der Waals surface area contributed by atoms with Gasteiger partial charge in [0.1, 0.15) is 12.3 Å². The Bertz CT molecular complexity index is 396. The highest BCUT2D eigenvalue weighted by Gasteiger charge is 2.46. The smallest absolute Gasteiger partial charge is 0.157 e. The van der Waals surface area contributed by atoms with Crippen molar-refractivity contribution in [3.8, 4) is 0 Å². The van der Waals surface area contributed by atoms with Gasteiger partial charge in [-0.25, -0.2) is 13.2 Å². The molecule has 3 aliphatic rings. The van der Waals surface area contributed by atoms with Crippen molar-refractivity contribution in [2.24, 2.45) is 29.6 Å². The van der Waals surface area contributed by atoms with Gasteiger partial charge in [-0.05, 0) is 74.5 Å². The summed E-state index contributed by atoms with van der Waals surface area (Å²) in [5.41, 5.74) is 0. The molecule has 0 saturated heterocycles. The average molecular weight is 346 g/mol. The number of ether oxygens (including phenoxy) is 1. The van der Waals surface area contributed by atoms with Crippen molar-refractivity contribution in [2.75, 3.05) is 7.11 Å². The molecule has 3 aliphatic carbocycles. The lowest BCUT2D eigenvalue weighted by atomic mass is 9.64. The SMILES string of the molecule is COC1CCC(C2CCC(C3CCC(C)CC3)C(F)C2)C(F)C1F. The van der Waals surface area contributed by atoms with Gasteiger partial charge in [-0.1, -0.05) is 19.8 Å². The van der Waals surface area contributed by atoms with Crippen LogP contribution in [0.5, 0.6) is 0 Å². The molecule has 0 bridgehead atoms. The average Bonchev–Trinajstić information content (AvgIpc) is 2.58. The van der Waals surface area contributed by atoms with E-state index in [4.69, 9.17) is 4.74 Å². The van der Waals surface area contributed by atoms with Crippen LogP contribution in [-0.4, -0.2) is 31.7 Å². The van der Waals surface area contributed by atoms with Crippen LogP contribution in [0.1, 0.15) is 64.7 Å². The van der Waals surface area contributed by atoms with Crippen LogP contribution >= 0.6 is 0 Å². The van der Waals surface area contributed by atoms with Gasteiger partial charge in [0, 0.05) is 7.11 Å². The van der Waals surface area contributed by atoms with Crippen LogP contribution in [0.15, 0.2) is 0 Å². The largest absolute Gasteiger partial charge is 0.378 e. The quantitative estimate of drug-likeness (QED) is 0.640. The highest BCUT2D eigenvalue weighted by Crippen LogP contribution is 2.47. The van der Waals surface area contributed by atoms with Crippen molar-refractivity contribution in [1.82, 2.24) is 0 Å². The van der Waals surface area contributed by atoms with Gasteiger partial charge in [-0.2, -0.15) is 0 Å². The predicted octanol–water partition coefficient (Wildman–Crippen LogP) is 5.67. The lowest BCUT2D eigenvalue weighted by Gasteiger charge is -2.44. The van der Waals surface area contributed by atoms with E-state index in [9.17, 15) is 13.2 Å². The molecule has 24 heavy (non-hydrogen) atoms. The second-order valence-corrected chi connectivity index (χ2v) is 8.68. The van der Waals surface area contributed by atoms with Crippen LogP contribution in [0.2, 0.25) is 0 Å². The third-order valence-electron chi connectivity index (χ3n) is 7.29. The standard InChI is InChI=1S/C20H33F3O/c1-12-3-5-13(6-4-12)15-8-7-14(11-17(15)21)16-9-10-18(24-2)20(23)19(16)22/h12-20H,3-11H2,1-2H3. The zero-order valence-corrected chi connectivity index (χ0v) is 15.1. The van der Waals surface area contributed by atoms with E-state index in [2.05, 4.69) is 6.92 Å². The first-order valence-electron chi connectivity index (χ1n) is 9.96. The maximum atomic E-state index is 14.9. The maximum absolute atomic E-state index is 14.9. The Morgan fingerprint density at radius 3 is 1.96 bits per heavy atom. The molecule has 0 heterocycles. The van der Waals surface area contributed by atoms with Crippen molar-refractivity contribution in [2.45, 2.75) is 89.3 Å². The molecular formula is C20H33F3O. The monoisotopic (exact) mass is 346 g/mol. The number of alkyl halides is 3. The minimum atomic E-state index is -1.55. The predicted molar refractivity (Wildman–Crippen MR) is 90.2 cm³/mol. The summed E-state index contributed by atoms with van der Waals surface area (Å²) >= 11 is 0. The summed E-state index contributed by atoms with van der Waals surface area (Å²) in [6.45, 7) is 2.28. The zero-order valence-electron chi connectivity index (χ0n) is 15.1. The molecule has 0 aromatic carbocycles. The molecule has 0 spiro atoms. The Morgan fingerprint density at radius 2 is 1.33 bits per heavy atom. The van der Waals surface area contributed by atoms with Gasteiger partial charge in [0.15, 0.2) is 6.17 Å². The van der Waals surface area contributed by atoms with Gasteiger partial charge >= 0.3 is 0 Å². The Kier molecular flexibility index (Phi) is 6.16. The number of hydrogen-bond donors (Lipinski definition) is 0. The molecule has 7 atom stereocenters. The van der Waals surface area contributed by atoms with Crippen molar-refractivity contribution < 1.29 is 17.9 Å². The van der Waals surface area contributed by atoms with Crippen LogP contribution in [0.3, 0.4) is 0 Å². The molecule has 0 aromatic heterocycles. The summed E-state index contributed by atoms with van der Waals surface area (Å²) in [5.74, 6) is 1.13. The highest BCUT2D eigenvalue weighted by molar-refractivity contribution is 4.95. The molecule has 0 N–H and O–H groups in total. The Labute approximate surface area is 144 Å². The molecule has 1 nitrogen and oxygen atoms in total. The molecule has 3 fully saturated rings. The Balaban J connectivity index is 1.55. The van der Waals surface area contributed by atoms with Gasteiger partial charge in [0.05, 0.1) is 6.10 Å². The van der Waals surface area contributed by atoms with Crippen LogP contribution < -0.4 is 0 Å². The first-order valence-corrected chi connectivity index (χ1v) is 9.96. The normalized spacial score (nSPS) is 50.6. The van der Waals surface area contributed by atoms with E-state index >= 15 is 0 Å². The zero-order chi connectivity index (χ0) is 17.3. The van der Waals surface area contributed by atoms with E-state index in [-0.39, 0.29) is 17.8 Å². The van der Waals surface area contributed by atoms with Crippen LogP contribution in [-0.2, 0) is 4.74 Å². The summed E-state index contributed by atoms with van der Waals surface area (Å²) in [6, 6.07) is 0. The molecule has 140 valence electrons. The molecule has 7 unspecified atom stereocenters. The Hall–Kier alpha value is -0.250. The summed E-state index contributed by atoms with van der Waals surface area (Å²) < 4.78 is 48.6. The third-order valence-corrected chi connectivity index (χ3v) is 7.29. The molecule has 4 heteroatoms. The van der Waals surface area contributed by atoms with Crippen LogP contribution in [0.25, 0.3) is 0 Å². The van der Waals surface area contributed by atoms with Gasteiger partial charge in [0.25, 0.3) is 0 Å². The van der Waals surface area contributed by atoms with Gasteiger partial charge in [-0.15, -0.1) is 0 Å². The lowest BCUT2D eigenvalue weighted by Crippen LogP contribution is -2.46. The lowest BCUT2D eigenvalue weighted by molar-refractivity contribution is -0.0784. The van der Waals surface area contributed by atoms with E-state index in [1.54, 1.807) is 0 Å².